The van der Waals surface area contributed by atoms with Gasteiger partial charge in [0, 0.05) is 12.6 Å². The van der Waals surface area contributed by atoms with Crippen molar-refractivity contribution in [3.05, 3.63) is 29.8 Å². The lowest BCUT2D eigenvalue weighted by molar-refractivity contribution is -0.274. The molecule has 0 aliphatic carbocycles. The van der Waals surface area contributed by atoms with E-state index in [4.69, 9.17) is 5.11 Å². The van der Waals surface area contributed by atoms with Crippen molar-refractivity contribution < 1.29 is 37.7 Å². The van der Waals surface area contributed by atoms with Crippen LogP contribution in [0.1, 0.15) is 18.4 Å². The summed E-state index contributed by atoms with van der Waals surface area (Å²) in [5, 5.41) is 18.3. The molecular formula is C15H16F3NO5. The van der Waals surface area contributed by atoms with Gasteiger partial charge in [-0.15, -0.1) is 13.2 Å². The smallest absolute Gasteiger partial charge is 0.481 e. The Labute approximate surface area is 135 Å². The molecule has 1 saturated heterocycles. The topological polar surface area (TPSA) is 87.1 Å². The predicted octanol–water partition coefficient (Wildman–Crippen LogP) is 2.97. The summed E-state index contributed by atoms with van der Waals surface area (Å²) < 4.78 is 40.1. The lowest BCUT2D eigenvalue weighted by Gasteiger charge is -2.36. The number of alkyl halides is 3. The molecule has 1 amide bonds. The van der Waals surface area contributed by atoms with Gasteiger partial charge in [-0.1, -0.05) is 12.1 Å². The highest BCUT2D eigenvalue weighted by Gasteiger charge is 2.35. The number of ether oxygens (including phenoxy) is 1. The Morgan fingerprint density at radius 2 is 1.83 bits per heavy atom. The van der Waals surface area contributed by atoms with Crippen molar-refractivity contribution in [2.24, 2.45) is 5.92 Å². The number of amides is 1. The van der Waals surface area contributed by atoms with E-state index in [9.17, 15) is 27.9 Å². The average molecular weight is 347 g/mol. The Morgan fingerprint density at radius 1 is 1.21 bits per heavy atom. The highest BCUT2D eigenvalue weighted by molar-refractivity contribution is 5.71. The molecule has 1 fully saturated rings. The summed E-state index contributed by atoms with van der Waals surface area (Å²) in [5.41, 5.74) is 0.604. The van der Waals surface area contributed by atoms with E-state index in [0.717, 1.165) is 12.1 Å². The molecule has 24 heavy (non-hydrogen) atoms. The molecule has 0 radical (unpaired) electrons. The fourth-order valence-corrected chi connectivity index (χ4v) is 2.82. The number of piperidine rings is 1. The number of nitrogens with zero attached hydrogens (tertiary/aromatic N) is 1. The maximum atomic E-state index is 12.1. The standard InChI is InChI=1S/C15H16F3NO5/c16-15(17,18)24-12-3-1-9(2-4-12)7-11-8-10(13(20)21)5-6-19(11)14(22)23/h1-4,10-11H,5-8H2,(H,20,21)(H,22,23). The first-order chi connectivity index (χ1) is 11.2. The third kappa shape index (κ3) is 4.77. The summed E-state index contributed by atoms with van der Waals surface area (Å²) in [6.07, 6.45) is -5.28. The van der Waals surface area contributed by atoms with E-state index in [1.54, 1.807) is 0 Å². The van der Waals surface area contributed by atoms with E-state index in [-0.39, 0.29) is 31.6 Å². The predicted molar refractivity (Wildman–Crippen MR) is 75.7 cm³/mol. The largest absolute Gasteiger partial charge is 0.573 e. The number of rotatable bonds is 4. The molecule has 2 unspecified atom stereocenters. The molecular weight excluding hydrogens is 331 g/mol. The number of carboxylic acids is 1. The lowest BCUT2D eigenvalue weighted by Crippen LogP contribution is -2.47. The van der Waals surface area contributed by atoms with Gasteiger partial charge in [0.25, 0.3) is 0 Å². The second kappa shape index (κ2) is 6.98. The molecule has 132 valence electrons. The zero-order valence-electron chi connectivity index (χ0n) is 12.5. The van der Waals surface area contributed by atoms with Crippen molar-refractivity contribution in [1.82, 2.24) is 4.90 Å². The summed E-state index contributed by atoms with van der Waals surface area (Å²) in [4.78, 5) is 23.6. The van der Waals surface area contributed by atoms with E-state index in [1.807, 2.05) is 0 Å². The number of likely N-dealkylation sites (tertiary alicyclic amines) is 1. The van der Waals surface area contributed by atoms with Crippen molar-refractivity contribution in [2.45, 2.75) is 31.7 Å². The van der Waals surface area contributed by atoms with Crippen LogP contribution in [-0.4, -0.2) is 46.1 Å². The summed E-state index contributed by atoms with van der Waals surface area (Å²) in [6.45, 7) is 0.117. The number of hydrogen-bond acceptors (Lipinski definition) is 3. The Bertz CT molecular complexity index is 602. The van der Waals surface area contributed by atoms with Gasteiger partial charge in [0.05, 0.1) is 5.92 Å². The lowest BCUT2D eigenvalue weighted by atomic mass is 9.88. The van der Waals surface area contributed by atoms with Gasteiger partial charge < -0.3 is 19.8 Å². The van der Waals surface area contributed by atoms with Crippen LogP contribution in [0.2, 0.25) is 0 Å². The highest BCUT2D eigenvalue weighted by Crippen LogP contribution is 2.27. The first kappa shape index (κ1) is 17.9. The van der Waals surface area contributed by atoms with Crippen molar-refractivity contribution >= 4 is 12.1 Å². The number of carbonyl (C=O) groups is 2. The molecule has 1 aliphatic rings. The summed E-state index contributed by atoms with van der Waals surface area (Å²) in [6, 6.07) is 4.57. The Morgan fingerprint density at radius 3 is 2.33 bits per heavy atom. The van der Waals surface area contributed by atoms with Crippen molar-refractivity contribution in [3.63, 3.8) is 0 Å². The van der Waals surface area contributed by atoms with Crippen LogP contribution in [0, 0.1) is 5.92 Å². The number of hydrogen-bond donors (Lipinski definition) is 2. The normalized spacial score (nSPS) is 21.4. The van der Waals surface area contributed by atoms with Gasteiger partial charge in [-0.2, -0.15) is 0 Å². The van der Waals surface area contributed by atoms with Gasteiger partial charge in [-0.05, 0) is 37.0 Å². The molecule has 9 heteroatoms. The molecule has 2 N–H and O–H groups in total. The van der Waals surface area contributed by atoms with Crippen LogP contribution in [0.15, 0.2) is 24.3 Å². The van der Waals surface area contributed by atoms with Crippen LogP contribution in [0.25, 0.3) is 0 Å². The number of benzene rings is 1. The maximum Gasteiger partial charge on any atom is 0.573 e. The number of halogens is 3. The van der Waals surface area contributed by atoms with Crippen molar-refractivity contribution in [1.29, 1.82) is 0 Å². The van der Waals surface area contributed by atoms with Gasteiger partial charge in [-0.3, -0.25) is 4.79 Å². The van der Waals surface area contributed by atoms with Gasteiger partial charge in [0.2, 0.25) is 0 Å². The zero-order valence-corrected chi connectivity index (χ0v) is 12.5. The summed E-state index contributed by atoms with van der Waals surface area (Å²) in [5.74, 6) is -1.97. The minimum absolute atomic E-state index is 0.117. The Hall–Kier alpha value is -2.45. The molecule has 0 aromatic heterocycles. The third-order valence-electron chi connectivity index (χ3n) is 3.94. The quantitative estimate of drug-likeness (QED) is 0.874. The fourth-order valence-electron chi connectivity index (χ4n) is 2.82. The molecule has 1 aromatic rings. The van der Waals surface area contributed by atoms with Crippen LogP contribution in [0.4, 0.5) is 18.0 Å². The molecule has 2 rings (SSSR count). The molecule has 1 aliphatic heterocycles. The number of carboxylic acid groups (broad SMARTS) is 2. The minimum atomic E-state index is -4.78. The maximum absolute atomic E-state index is 12.1. The van der Waals surface area contributed by atoms with E-state index < -0.39 is 30.4 Å². The molecule has 0 saturated carbocycles. The Kier molecular flexibility index (Phi) is 5.20. The SMILES string of the molecule is O=C(O)C1CCN(C(=O)O)C(Cc2ccc(OC(F)(F)F)cc2)C1. The van der Waals surface area contributed by atoms with Crippen LogP contribution in [-0.2, 0) is 11.2 Å². The first-order valence-electron chi connectivity index (χ1n) is 7.23. The van der Waals surface area contributed by atoms with Gasteiger partial charge >= 0.3 is 18.4 Å². The Balaban J connectivity index is 2.08. The second-order valence-corrected chi connectivity index (χ2v) is 5.59. The second-order valence-electron chi connectivity index (χ2n) is 5.59. The molecule has 0 spiro atoms. The van der Waals surface area contributed by atoms with Gasteiger partial charge in [-0.25, -0.2) is 4.79 Å². The third-order valence-corrected chi connectivity index (χ3v) is 3.94. The first-order valence-corrected chi connectivity index (χ1v) is 7.23. The van der Waals surface area contributed by atoms with Crippen molar-refractivity contribution in [2.75, 3.05) is 6.54 Å². The van der Waals surface area contributed by atoms with Crippen LogP contribution < -0.4 is 4.74 Å². The molecule has 1 aromatic carbocycles. The summed E-state index contributed by atoms with van der Waals surface area (Å²) in [7, 11) is 0. The van der Waals surface area contributed by atoms with Crippen molar-refractivity contribution in [3.8, 4) is 5.75 Å². The fraction of sp³-hybridized carbons (Fsp3) is 0.467. The average Bonchev–Trinajstić information content (AvgIpc) is 2.47. The molecule has 2 atom stereocenters. The van der Waals surface area contributed by atoms with Gasteiger partial charge in [0.15, 0.2) is 0 Å². The minimum Gasteiger partial charge on any atom is -0.481 e. The van der Waals surface area contributed by atoms with Gasteiger partial charge in [0.1, 0.15) is 5.75 Å². The monoisotopic (exact) mass is 347 g/mol. The van der Waals surface area contributed by atoms with E-state index in [2.05, 4.69) is 4.74 Å². The van der Waals surface area contributed by atoms with E-state index in [1.165, 1.54) is 17.0 Å². The van der Waals surface area contributed by atoms with E-state index >= 15 is 0 Å². The van der Waals surface area contributed by atoms with Crippen LogP contribution in [0.5, 0.6) is 5.75 Å². The molecule has 0 bridgehead atoms. The van der Waals surface area contributed by atoms with Crippen LogP contribution in [0.3, 0.4) is 0 Å². The number of aliphatic carboxylic acids is 1. The van der Waals surface area contributed by atoms with E-state index in [0.29, 0.717) is 5.56 Å². The molecule has 1 heterocycles. The zero-order chi connectivity index (χ0) is 17.9. The highest BCUT2D eigenvalue weighted by atomic mass is 19.4. The summed E-state index contributed by atoms with van der Waals surface area (Å²) >= 11 is 0. The molecule has 6 nitrogen and oxygen atoms in total. The van der Waals surface area contributed by atoms with Crippen LogP contribution >= 0.6 is 0 Å².